The van der Waals surface area contributed by atoms with Crippen molar-refractivity contribution in [2.75, 3.05) is 6.61 Å². The van der Waals surface area contributed by atoms with Crippen molar-refractivity contribution in [2.24, 2.45) is 0 Å². The molecule has 0 saturated heterocycles. The lowest BCUT2D eigenvalue weighted by Gasteiger charge is -2.30. The summed E-state index contributed by atoms with van der Waals surface area (Å²) in [5, 5.41) is 2.64. The van der Waals surface area contributed by atoms with E-state index in [4.69, 9.17) is 4.74 Å². The first-order chi connectivity index (χ1) is 6.33. The highest BCUT2D eigenvalue weighted by molar-refractivity contribution is 5.51. The van der Waals surface area contributed by atoms with E-state index >= 15 is 0 Å². The molecule has 82 valence electrons. The molecule has 1 N–H and O–H groups in total. The third-order valence-electron chi connectivity index (χ3n) is 1.85. The van der Waals surface area contributed by atoms with Crippen LogP contribution in [0.25, 0.3) is 0 Å². The van der Waals surface area contributed by atoms with E-state index in [1.54, 1.807) is 0 Å². The first kappa shape index (κ1) is 13.1. The van der Waals surface area contributed by atoms with Gasteiger partial charge in [-0.25, -0.2) is 0 Å². The van der Waals surface area contributed by atoms with Gasteiger partial charge in [-0.2, -0.15) is 0 Å². The quantitative estimate of drug-likeness (QED) is 0.622. The van der Waals surface area contributed by atoms with E-state index in [0.717, 1.165) is 6.29 Å². The van der Waals surface area contributed by atoms with Crippen LogP contribution in [0.15, 0.2) is 0 Å². The SMILES string of the molecule is CC(C)(COC(C)(C)CC=O)NC=O. The van der Waals surface area contributed by atoms with Crippen LogP contribution in [0, 0.1) is 0 Å². The Balaban J connectivity index is 4.02. The lowest BCUT2D eigenvalue weighted by molar-refractivity contribution is -0.118. The predicted octanol–water partition coefficient (Wildman–Crippen LogP) is 0.895. The minimum Gasteiger partial charge on any atom is -0.373 e. The van der Waals surface area contributed by atoms with E-state index in [1.807, 2.05) is 27.7 Å². The molecule has 0 fully saturated rings. The molecule has 0 rings (SSSR count). The number of rotatable bonds is 7. The monoisotopic (exact) mass is 201 g/mol. The van der Waals surface area contributed by atoms with Crippen LogP contribution in [0.4, 0.5) is 0 Å². The van der Waals surface area contributed by atoms with Crippen molar-refractivity contribution in [1.29, 1.82) is 0 Å². The summed E-state index contributed by atoms with van der Waals surface area (Å²) in [6.45, 7) is 7.79. The minimum absolute atomic E-state index is 0.351. The highest BCUT2D eigenvalue weighted by atomic mass is 16.5. The zero-order chi connectivity index (χ0) is 11.2. The summed E-state index contributed by atoms with van der Waals surface area (Å²) in [7, 11) is 0. The number of ether oxygens (including phenoxy) is 1. The van der Waals surface area contributed by atoms with Crippen molar-refractivity contribution in [2.45, 2.75) is 45.3 Å². The maximum Gasteiger partial charge on any atom is 0.207 e. The largest absolute Gasteiger partial charge is 0.373 e. The van der Waals surface area contributed by atoms with Gasteiger partial charge in [0.1, 0.15) is 6.29 Å². The fourth-order valence-electron chi connectivity index (χ4n) is 0.837. The van der Waals surface area contributed by atoms with E-state index in [2.05, 4.69) is 5.32 Å². The molecule has 1 amide bonds. The molecule has 0 aliphatic carbocycles. The van der Waals surface area contributed by atoms with Gasteiger partial charge in [-0.1, -0.05) is 0 Å². The van der Waals surface area contributed by atoms with Crippen LogP contribution in [-0.2, 0) is 14.3 Å². The number of hydrogen-bond acceptors (Lipinski definition) is 3. The lowest BCUT2D eigenvalue weighted by atomic mass is 10.0. The van der Waals surface area contributed by atoms with Crippen molar-refractivity contribution in [3.63, 3.8) is 0 Å². The molecule has 0 aromatic heterocycles. The molecule has 0 unspecified atom stereocenters. The molecule has 0 aliphatic rings. The third kappa shape index (κ3) is 5.70. The Bertz CT molecular complexity index is 178. The Hall–Kier alpha value is -0.900. The average Bonchev–Trinajstić information content (AvgIpc) is 2.01. The first-order valence-corrected chi connectivity index (χ1v) is 4.62. The fraction of sp³-hybridized carbons (Fsp3) is 0.800. The van der Waals surface area contributed by atoms with Crippen LogP contribution < -0.4 is 5.32 Å². The molecular formula is C10H19NO3. The summed E-state index contributed by atoms with van der Waals surface area (Å²) < 4.78 is 5.53. The van der Waals surface area contributed by atoms with Gasteiger partial charge in [0.05, 0.1) is 17.7 Å². The second kappa shape index (κ2) is 5.10. The van der Waals surface area contributed by atoms with Gasteiger partial charge in [0.2, 0.25) is 6.41 Å². The molecule has 0 aromatic rings. The lowest BCUT2D eigenvalue weighted by Crippen LogP contribution is -2.45. The predicted molar refractivity (Wildman–Crippen MR) is 54.0 cm³/mol. The smallest absolute Gasteiger partial charge is 0.207 e. The van der Waals surface area contributed by atoms with E-state index in [9.17, 15) is 9.59 Å². The van der Waals surface area contributed by atoms with Gasteiger partial charge in [0.25, 0.3) is 0 Å². The zero-order valence-electron chi connectivity index (χ0n) is 9.29. The van der Waals surface area contributed by atoms with Gasteiger partial charge in [-0.15, -0.1) is 0 Å². The van der Waals surface area contributed by atoms with Crippen LogP contribution in [0.1, 0.15) is 34.1 Å². The summed E-state index contributed by atoms with van der Waals surface area (Å²) >= 11 is 0. The Morgan fingerprint density at radius 1 is 1.21 bits per heavy atom. The van der Waals surface area contributed by atoms with Crippen LogP contribution >= 0.6 is 0 Å². The van der Waals surface area contributed by atoms with Gasteiger partial charge in [-0.3, -0.25) is 4.79 Å². The number of aldehydes is 1. The van der Waals surface area contributed by atoms with Crippen molar-refractivity contribution >= 4 is 12.7 Å². The molecule has 0 spiro atoms. The maximum atomic E-state index is 10.3. The molecule has 4 heteroatoms. The molecule has 0 atom stereocenters. The van der Waals surface area contributed by atoms with Crippen LogP contribution in [0.2, 0.25) is 0 Å². The van der Waals surface area contributed by atoms with E-state index < -0.39 is 11.1 Å². The molecule has 0 heterocycles. The number of amides is 1. The fourth-order valence-corrected chi connectivity index (χ4v) is 0.837. The van der Waals surface area contributed by atoms with Gasteiger partial charge >= 0.3 is 0 Å². The summed E-state index contributed by atoms with van der Waals surface area (Å²) in [6, 6.07) is 0. The summed E-state index contributed by atoms with van der Waals surface area (Å²) in [4.78, 5) is 20.6. The molecule has 0 radical (unpaired) electrons. The molecule has 0 aromatic carbocycles. The number of carbonyl (C=O) groups excluding carboxylic acids is 2. The third-order valence-corrected chi connectivity index (χ3v) is 1.85. The topological polar surface area (TPSA) is 55.4 Å². The van der Waals surface area contributed by atoms with Gasteiger partial charge in [0.15, 0.2) is 0 Å². The van der Waals surface area contributed by atoms with Crippen molar-refractivity contribution in [1.82, 2.24) is 5.32 Å². The van der Waals surface area contributed by atoms with Gasteiger partial charge in [0, 0.05) is 6.42 Å². The standard InChI is InChI=1S/C10H19NO3/c1-9(2,11-8-13)7-14-10(3,4)5-6-12/h6,8H,5,7H2,1-4H3,(H,11,13). The molecule has 0 saturated carbocycles. The van der Waals surface area contributed by atoms with Crippen LogP contribution in [0.3, 0.4) is 0 Å². The Labute approximate surface area is 85.0 Å². The summed E-state index contributed by atoms with van der Waals surface area (Å²) in [5.74, 6) is 0. The first-order valence-electron chi connectivity index (χ1n) is 4.62. The van der Waals surface area contributed by atoms with Crippen molar-refractivity contribution < 1.29 is 14.3 Å². The second-order valence-electron chi connectivity index (χ2n) is 4.57. The number of nitrogens with one attached hydrogen (secondary N) is 1. The summed E-state index contributed by atoms with van der Waals surface area (Å²) in [5.41, 5.74) is -0.870. The van der Waals surface area contributed by atoms with Crippen LogP contribution in [0.5, 0.6) is 0 Å². The van der Waals surface area contributed by atoms with E-state index in [-0.39, 0.29) is 0 Å². The van der Waals surface area contributed by atoms with E-state index in [1.165, 1.54) is 0 Å². The van der Waals surface area contributed by atoms with Crippen molar-refractivity contribution in [3.8, 4) is 0 Å². The molecule has 0 aliphatic heterocycles. The average molecular weight is 201 g/mol. The molecule has 14 heavy (non-hydrogen) atoms. The second-order valence-corrected chi connectivity index (χ2v) is 4.57. The van der Waals surface area contributed by atoms with Gasteiger partial charge < -0.3 is 14.8 Å². The maximum absolute atomic E-state index is 10.3. The van der Waals surface area contributed by atoms with Crippen molar-refractivity contribution in [3.05, 3.63) is 0 Å². The number of carbonyl (C=O) groups is 2. The highest BCUT2D eigenvalue weighted by Crippen LogP contribution is 2.15. The molecular weight excluding hydrogens is 182 g/mol. The van der Waals surface area contributed by atoms with E-state index in [0.29, 0.717) is 19.4 Å². The Morgan fingerprint density at radius 3 is 2.21 bits per heavy atom. The zero-order valence-corrected chi connectivity index (χ0v) is 9.29. The minimum atomic E-state index is -0.469. The normalized spacial score (nSPS) is 12.3. The molecule has 0 bridgehead atoms. The Kier molecular flexibility index (Phi) is 4.77. The van der Waals surface area contributed by atoms with Gasteiger partial charge in [-0.05, 0) is 27.7 Å². The molecule has 4 nitrogen and oxygen atoms in total. The highest BCUT2D eigenvalue weighted by Gasteiger charge is 2.23. The summed E-state index contributed by atoms with van der Waals surface area (Å²) in [6.07, 6.45) is 1.83. The Morgan fingerprint density at radius 2 is 1.79 bits per heavy atom. The number of hydrogen-bond donors (Lipinski definition) is 1. The van der Waals surface area contributed by atoms with Crippen LogP contribution in [-0.4, -0.2) is 30.4 Å².